The average molecular weight is 385 g/mol. The lowest BCUT2D eigenvalue weighted by molar-refractivity contribution is -0.152. The number of nitrogens with zero attached hydrogens (tertiary/aromatic N) is 2. The molecule has 1 saturated heterocycles. The summed E-state index contributed by atoms with van der Waals surface area (Å²) >= 11 is 1.56. The van der Waals surface area contributed by atoms with Crippen molar-refractivity contribution in [2.75, 3.05) is 13.1 Å². The van der Waals surface area contributed by atoms with Gasteiger partial charge in [0.15, 0.2) is 0 Å². The second kappa shape index (κ2) is 8.95. The van der Waals surface area contributed by atoms with Crippen molar-refractivity contribution in [2.45, 2.75) is 33.3 Å². The Morgan fingerprint density at radius 1 is 1.22 bits per heavy atom. The van der Waals surface area contributed by atoms with Gasteiger partial charge in [0.2, 0.25) is 5.91 Å². The van der Waals surface area contributed by atoms with E-state index in [-0.39, 0.29) is 24.4 Å². The van der Waals surface area contributed by atoms with E-state index in [2.05, 4.69) is 4.98 Å². The zero-order chi connectivity index (χ0) is 19.2. The van der Waals surface area contributed by atoms with Crippen LogP contribution in [0.15, 0.2) is 36.4 Å². The first kappa shape index (κ1) is 19.3. The van der Waals surface area contributed by atoms with Crippen molar-refractivity contribution in [3.05, 3.63) is 57.6 Å². The van der Waals surface area contributed by atoms with Gasteiger partial charge in [-0.05, 0) is 38.3 Å². The highest BCUT2D eigenvalue weighted by Crippen LogP contribution is 2.22. The van der Waals surface area contributed by atoms with E-state index in [1.165, 1.54) is 0 Å². The number of carbonyl (C=O) groups is 2. The second-order valence-electron chi connectivity index (χ2n) is 6.69. The Labute approximate surface area is 163 Å². The van der Waals surface area contributed by atoms with Gasteiger partial charge in [0.1, 0.15) is 6.61 Å². The summed E-state index contributed by atoms with van der Waals surface area (Å²) in [5.41, 5.74) is 1.92. The number of aryl methyl sites for hydroxylation is 2. The third-order valence-electron chi connectivity index (χ3n) is 4.70. The number of ether oxygens (including phenoxy) is 1. The standard InChI is InChI=1S/C21H24N2O3S/c1-15-19(27-16(2)22-15)14-26-21(25)18-10-12-23(13-11-18)20(24)9-8-17-6-4-3-5-7-17/h3-9,18H,10-14H2,1-2H3. The van der Waals surface area contributed by atoms with Gasteiger partial charge in [-0.15, -0.1) is 11.3 Å². The number of likely N-dealkylation sites (tertiary alicyclic amines) is 1. The lowest BCUT2D eigenvalue weighted by atomic mass is 9.97. The summed E-state index contributed by atoms with van der Waals surface area (Å²) in [7, 11) is 0. The van der Waals surface area contributed by atoms with Crippen molar-refractivity contribution in [3.8, 4) is 0 Å². The molecule has 1 aromatic heterocycles. The van der Waals surface area contributed by atoms with Crippen LogP contribution in [0.25, 0.3) is 6.08 Å². The molecule has 1 amide bonds. The molecule has 1 fully saturated rings. The maximum absolute atomic E-state index is 12.3. The van der Waals surface area contributed by atoms with E-state index in [1.807, 2.05) is 50.3 Å². The zero-order valence-corrected chi connectivity index (χ0v) is 16.5. The zero-order valence-electron chi connectivity index (χ0n) is 15.7. The molecule has 1 aliphatic rings. The van der Waals surface area contributed by atoms with Crippen molar-refractivity contribution in [1.29, 1.82) is 0 Å². The van der Waals surface area contributed by atoms with E-state index in [1.54, 1.807) is 22.3 Å². The number of esters is 1. The molecule has 1 aliphatic heterocycles. The Bertz CT molecular complexity index is 821. The molecule has 0 unspecified atom stereocenters. The van der Waals surface area contributed by atoms with E-state index in [9.17, 15) is 9.59 Å². The Hall–Kier alpha value is -2.47. The predicted octanol–water partition coefficient (Wildman–Crippen LogP) is 3.76. The molecular weight excluding hydrogens is 360 g/mol. The molecule has 6 heteroatoms. The van der Waals surface area contributed by atoms with Crippen LogP contribution in [0.4, 0.5) is 0 Å². The predicted molar refractivity (Wildman–Crippen MR) is 106 cm³/mol. The van der Waals surface area contributed by atoms with Crippen LogP contribution in [-0.4, -0.2) is 34.8 Å². The van der Waals surface area contributed by atoms with Gasteiger partial charge in [0.25, 0.3) is 0 Å². The van der Waals surface area contributed by atoms with Gasteiger partial charge in [-0.3, -0.25) is 9.59 Å². The molecule has 1 aromatic carbocycles. The number of carbonyl (C=O) groups excluding carboxylic acids is 2. The molecule has 0 aliphatic carbocycles. The molecule has 0 atom stereocenters. The van der Waals surface area contributed by atoms with Crippen LogP contribution in [0, 0.1) is 19.8 Å². The Morgan fingerprint density at radius 3 is 2.56 bits per heavy atom. The molecule has 27 heavy (non-hydrogen) atoms. The first-order valence-electron chi connectivity index (χ1n) is 9.14. The van der Waals surface area contributed by atoms with Gasteiger partial charge in [-0.2, -0.15) is 0 Å². The molecule has 2 aromatic rings. The minimum atomic E-state index is -0.174. The quantitative estimate of drug-likeness (QED) is 0.582. The smallest absolute Gasteiger partial charge is 0.309 e. The molecule has 3 rings (SSSR count). The molecular formula is C21H24N2O3S. The van der Waals surface area contributed by atoms with E-state index in [0.29, 0.717) is 25.9 Å². The maximum Gasteiger partial charge on any atom is 0.309 e. The van der Waals surface area contributed by atoms with Gasteiger partial charge in [0.05, 0.1) is 21.5 Å². The van der Waals surface area contributed by atoms with E-state index < -0.39 is 0 Å². The fraction of sp³-hybridized carbons (Fsp3) is 0.381. The topological polar surface area (TPSA) is 59.5 Å². The van der Waals surface area contributed by atoms with Crippen molar-refractivity contribution >= 4 is 29.3 Å². The molecule has 0 saturated carbocycles. The van der Waals surface area contributed by atoms with Crippen LogP contribution in [0.2, 0.25) is 0 Å². The molecule has 5 nitrogen and oxygen atoms in total. The normalized spacial score (nSPS) is 15.3. The summed E-state index contributed by atoms with van der Waals surface area (Å²) in [4.78, 5) is 31.8. The monoisotopic (exact) mass is 384 g/mol. The van der Waals surface area contributed by atoms with Gasteiger partial charge < -0.3 is 9.64 Å². The van der Waals surface area contributed by atoms with Crippen LogP contribution < -0.4 is 0 Å². The van der Waals surface area contributed by atoms with E-state index >= 15 is 0 Å². The molecule has 0 N–H and O–H groups in total. The third kappa shape index (κ3) is 5.26. The van der Waals surface area contributed by atoms with E-state index in [4.69, 9.17) is 4.74 Å². The summed E-state index contributed by atoms with van der Waals surface area (Å²) in [6, 6.07) is 9.74. The van der Waals surface area contributed by atoms with Crippen LogP contribution in [0.3, 0.4) is 0 Å². The van der Waals surface area contributed by atoms with Crippen molar-refractivity contribution in [3.63, 3.8) is 0 Å². The number of piperidine rings is 1. The summed E-state index contributed by atoms with van der Waals surface area (Å²) in [5, 5.41) is 0.980. The van der Waals surface area contributed by atoms with Crippen LogP contribution in [0.1, 0.15) is 34.0 Å². The number of hydrogen-bond donors (Lipinski definition) is 0. The molecule has 0 radical (unpaired) electrons. The van der Waals surface area contributed by atoms with Gasteiger partial charge >= 0.3 is 5.97 Å². The lowest BCUT2D eigenvalue weighted by Crippen LogP contribution is -2.39. The van der Waals surface area contributed by atoms with Crippen molar-refractivity contribution in [1.82, 2.24) is 9.88 Å². The maximum atomic E-state index is 12.3. The Balaban J connectivity index is 1.45. The van der Waals surface area contributed by atoms with Crippen LogP contribution in [0.5, 0.6) is 0 Å². The number of thiazole rings is 1. The SMILES string of the molecule is Cc1nc(C)c(COC(=O)C2CCN(C(=O)C=Cc3ccccc3)CC2)s1. The summed E-state index contributed by atoms with van der Waals surface area (Å²) in [6.07, 6.45) is 4.71. The number of benzene rings is 1. The third-order valence-corrected chi connectivity index (χ3v) is 5.75. The Morgan fingerprint density at radius 2 is 1.93 bits per heavy atom. The van der Waals surface area contributed by atoms with Crippen LogP contribution in [-0.2, 0) is 20.9 Å². The second-order valence-corrected chi connectivity index (χ2v) is 7.98. The largest absolute Gasteiger partial charge is 0.460 e. The first-order valence-corrected chi connectivity index (χ1v) is 9.96. The highest BCUT2D eigenvalue weighted by molar-refractivity contribution is 7.11. The molecule has 142 valence electrons. The summed E-state index contributed by atoms with van der Waals surface area (Å²) in [6.45, 7) is 5.32. The fourth-order valence-electron chi connectivity index (χ4n) is 3.13. The number of aromatic nitrogens is 1. The fourth-order valence-corrected chi connectivity index (χ4v) is 3.98. The lowest BCUT2D eigenvalue weighted by Gasteiger charge is -2.30. The highest BCUT2D eigenvalue weighted by Gasteiger charge is 2.27. The van der Waals surface area contributed by atoms with Gasteiger partial charge in [-0.25, -0.2) is 4.98 Å². The highest BCUT2D eigenvalue weighted by atomic mass is 32.1. The molecule has 2 heterocycles. The van der Waals surface area contributed by atoms with Crippen LogP contribution >= 0.6 is 11.3 Å². The minimum absolute atomic E-state index is 0.0126. The number of amides is 1. The average Bonchev–Trinajstić information content (AvgIpc) is 3.02. The van der Waals surface area contributed by atoms with Crippen molar-refractivity contribution in [2.24, 2.45) is 5.92 Å². The summed E-state index contributed by atoms with van der Waals surface area (Å²) < 4.78 is 5.48. The summed E-state index contributed by atoms with van der Waals surface area (Å²) in [5.74, 6) is -0.324. The van der Waals surface area contributed by atoms with Gasteiger partial charge in [0, 0.05) is 19.2 Å². The number of rotatable bonds is 5. The minimum Gasteiger partial charge on any atom is -0.460 e. The Kier molecular flexibility index (Phi) is 6.40. The van der Waals surface area contributed by atoms with E-state index in [0.717, 1.165) is 21.1 Å². The molecule has 0 spiro atoms. The van der Waals surface area contributed by atoms with Crippen molar-refractivity contribution < 1.29 is 14.3 Å². The van der Waals surface area contributed by atoms with Gasteiger partial charge in [-0.1, -0.05) is 30.3 Å². The first-order chi connectivity index (χ1) is 13.0. The molecule has 0 bridgehead atoms. The number of hydrogen-bond acceptors (Lipinski definition) is 5.